The Bertz CT molecular complexity index is 817. The Kier molecular flexibility index (Phi) is 5.10. The van der Waals surface area contributed by atoms with Crippen molar-refractivity contribution in [2.45, 2.75) is 31.7 Å². The average Bonchev–Trinajstić information content (AvgIpc) is 3.54. The number of fused-ring (bicyclic) bond motifs is 1. The van der Waals surface area contributed by atoms with Crippen LogP contribution in [0, 0.1) is 5.92 Å². The van der Waals surface area contributed by atoms with Crippen LogP contribution in [0.5, 0.6) is 5.75 Å². The Morgan fingerprint density at radius 2 is 1.81 bits per heavy atom. The average molecular weight is 364 g/mol. The van der Waals surface area contributed by atoms with Crippen molar-refractivity contribution < 1.29 is 14.3 Å². The third-order valence-corrected chi connectivity index (χ3v) is 5.09. The van der Waals surface area contributed by atoms with Crippen LogP contribution in [0.3, 0.4) is 0 Å². The molecule has 27 heavy (non-hydrogen) atoms. The lowest BCUT2D eigenvalue weighted by atomic mass is 10.0. The summed E-state index contributed by atoms with van der Waals surface area (Å²) in [5.74, 6) is 0.898. The number of carbonyl (C=O) groups excluding carboxylic acids is 2. The first-order valence-electron chi connectivity index (χ1n) is 9.60. The van der Waals surface area contributed by atoms with Crippen LogP contribution in [0.1, 0.15) is 37.3 Å². The minimum absolute atomic E-state index is 0.00194. The van der Waals surface area contributed by atoms with E-state index in [4.69, 9.17) is 4.74 Å². The van der Waals surface area contributed by atoms with E-state index in [1.807, 2.05) is 54.6 Å². The summed E-state index contributed by atoms with van der Waals surface area (Å²) in [7, 11) is 0. The zero-order valence-corrected chi connectivity index (χ0v) is 15.3. The van der Waals surface area contributed by atoms with Crippen LogP contribution in [0.4, 0.5) is 5.69 Å². The molecule has 2 aromatic rings. The minimum Gasteiger partial charge on any atom is -0.491 e. The topological polar surface area (TPSA) is 58.6 Å². The first kappa shape index (κ1) is 17.6. The summed E-state index contributed by atoms with van der Waals surface area (Å²) >= 11 is 0. The van der Waals surface area contributed by atoms with Gasteiger partial charge in [0, 0.05) is 12.5 Å². The van der Waals surface area contributed by atoms with Gasteiger partial charge in [-0.25, -0.2) is 0 Å². The van der Waals surface area contributed by atoms with E-state index < -0.39 is 0 Å². The van der Waals surface area contributed by atoms with Gasteiger partial charge in [-0.3, -0.25) is 9.59 Å². The second kappa shape index (κ2) is 7.82. The second-order valence-corrected chi connectivity index (χ2v) is 7.17. The number of ether oxygens (including phenoxy) is 1. The van der Waals surface area contributed by atoms with Gasteiger partial charge in [0.2, 0.25) is 11.8 Å². The molecule has 140 valence electrons. The van der Waals surface area contributed by atoms with Crippen molar-refractivity contribution >= 4 is 17.5 Å². The SMILES string of the molecule is O=C(N[C@@H](CC(=O)N1CCCOc2ccccc21)c1ccccc1)C1CC1. The van der Waals surface area contributed by atoms with Crippen molar-refractivity contribution in [1.82, 2.24) is 5.32 Å². The number of nitrogens with one attached hydrogen (secondary N) is 1. The second-order valence-electron chi connectivity index (χ2n) is 7.17. The largest absolute Gasteiger partial charge is 0.491 e. The lowest BCUT2D eigenvalue weighted by molar-refractivity contribution is -0.123. The fraction of sp³-hybridized carbons (Fsp3) is 0.364. The van der Waals surface area contributed by atoms with Crippen LogP contribution in [-0.4, -0.2) is 25.0 Å². The Labute approximate surface area is 159 Å². The Balaban J connectivity index is 1.55. The van der Waals surface area contributed by atoms with E-state index in [1.165, 1.54) is 0 Å². The molecule has 2 amide bonds. The summed E-state index contributed by atoms with van der Waals surface area (Å²) in [6.45, 7) is 1.22. The molecule has 1 atom stereocenters. The maximum absolute atomic E-state index is 13.2. The van der Waals surface area contributed by atoms with E-state index in [1.54, 1.807) is 4.90 Å². The molecule has 0 spiro atoms. The van der Waals surface area contributed by atoms with Gasteiger partial charge in [-0.1, -0.05) is 42.5 Å². The lowest BCUT2D eigenvalue weighted by Crippen LogP contribution is -2.37. The highest BCUT2D eigenvalue weighted by molar-refractivity contribution is 5.95. The first-order valence-corrected chi connectivity index (χ1v) is 9.60. The van der Waals surface area contributed by atoms with Crippen LogP contribution < -0.4 is 15.0 Å². The van der Waals surface area contributed by atoms with Crippen molar-refractivity contribution in [3.05, 3.63) is 60.2 Å². The van der Waals surface area contributed by atoms with Gasteiger partial charge in [0.25, 0.3) is 0 Å². The van der Waals surface area contributed by atoms with E-state index >= 15 is 0 Å². The fourth-order valence-corrected chi connectivity index (χ4v) is 3.44. The summed E-state index contributed by atoms with van der Waals surface area (Å²) in [5, 5.41) is 3.09. The molecule has 4 rings (SSSR count). The fourth-order valence-electron chi connectivity index (χ4n) is 3.44. The third-order valence-electron chi connectivity index (χ3n) is 5.09. The summed E-state index contributed by atoms with van der Waals surface area (Å²) in [6, 6.07) is 17.1. The number of rotatable bonds is 5. The molecule has 1 N–H and O–H groups in total. The number of para-hydroxylation sites is 2. The molecule has 5 heteroatoms. The van der Waals surface area contributed by atoms with Gasteiger partial charge in [0.15, 0.2) is 0 Å². The number of amides is 2. The molecule has 0 bridgehead atoms. The number of hydrogen-bond donors (Lipinski definition) is 1. The maximum atomic E-state index is 13.2. The minimum atomic E-state index is -0.317. The predicted octanol–water partition coefficient (Wildman–Crippen LogP) is 3.46. The number of benzene rings is 2. The van der Waals surface area contributed by atoms with Crippen LogP contribution in [0.15, 0.2) is 54.6 Å². The number of carbonyl (C=O) groups is 2. The van der Waals surface area contributed by atoms with E-state index in [0.717, 1.165) is 36.3 Å². The Hall–Kier alpha value is -2.82. The quantitative estimate of drug-likeness (QED) is 0.884. The van der Waals surface area contributed by atoms with Crippen LogP contribution in [-0.2, 0) is 9.59 Å². The molecule has 1 aliphatic heterocycles. The molecule has 5 nitrogen and oxygen atoms in total. The summed E-state index contributed by atoms with van der Waals surface area (Å²) < 4.78 is 5.76. The molecule has 1 fully saturated rings. The van der Waals surface area contributed by atoms with Crippen molar-refractivity contribution in [2.75, 3.05) is 18.1 Å². The highest BCUT2D eigenvalue weighted by Gasteiger charge is 2.32. The van der Waals surface area contributed by atoms with Crippen molar-refractivity contribution in [3.8, 4) is 5.75 Å². The first-order chi connectivity index (χ1) is 13.2. The molecule has 1 saturated carbocycles. The van der Waals surface area contributed by atoms with Gasteiger partial charge >= 0.3 is 0 Å². The molecule has 0 radical (unpaired) electrons. The number of nitrogens with zero attached hydrogens (tertiary/aromatic N) is 1. The zero-order valence-electron chi connectivity index (χ0n) is 15.3. The molecule has 0 unspecified atom stereocenters. The molecule has 0 saturated heterocycles. The van der Waals surface area contributed by atoms with Crippen molar-refractivity contribution in [2.24, 2.45) is 5.92 Å². The van der Waals surface area contributed by atoms with Gasteiger partial charge in [-0.2, -0.15) is 0 Å². The molecular formula is C22H24N2O3. The normalized spacial score (nSPS) is 17.3. The summed E-state index contributed by atoms with van der Waals surface area (Å²) in [4.78, 5) is 27.3. The van der Waals surface area contributed by atoms with Gasteiger partial charge < -0.3 is 15.0 Å². The van der Waals surface area contributed by atoms with Crippen molar-refractivity contribution in [1.29, 1.82) is 0 Å². The lowest BCUT2D eigenvalue weighted by Gasteiger charge is -2.25. The maximum Gasteiger partial charge on any atom is 0.229 e. The van der Waals surface area contributed by atoms with Crippen LogP contribution in [0.2, 0.25) is 0 Å². The van der Waals surface area contributed by atoms with Crippen molar-refractivity contribution in [3.63, 3.8) is 0 Å². The highest BCUT2D eigenvalue weighted by Crippen LogP contribution is 2.33. The van der Waals surface area contributed by atoms with E-state index in [0.29, 0.717) is 13.2 Å². The van der Waals surface area contributed by atoms with Gasteiger partial charge in [-0.05, 0) is 37.0 Å². The van der Waals surface area contributed by atoms with Gasteiger partial charge in [-0.15, -0.1) is 0 Å². The smallest absolute Gasteiger partial charge is 0.229 e. The highest BCUT2D eigenvalue weighted by atomic mass is 16.5. The number of hydrogen-bond acceptors (Lipinski definition) is 3. The summed E-state index contributed by atoms with van der Waals surface area (Å²) in [6.07, 6.45) is 2.90. The Morgan fingerprint density at radius 3 is 2.59 bits per heavy atom. The van der Waals surface area contributed by atoms with Gasteiger partial charge in [0.1, 0.15) is 5.75 Å². The monoisotopic (exact) mass is 364 g/mol. The molecule has 0 aromatic heterocycles. The third kappa shape index (κ3) is 4.13. The van der Waals surface area contributed by atoms with E-state index in [-0.39, 0.29) is 30.2 Å². The molecule has 2 aromatic carbocycles. The zero-order chi connectivity index (χ0) is 18.6. The van der Waals surface area contributed by atoms with E-state index in [2.05, 4.69) is 5.32 Å². The van der Waals surface area contributed by atoms with Crippen LogP contribution >= 0.6 is 0 Å². The summed E-state index contributed by atoms with van der Waals surface area (Å²) in [5.41, 5.74) is 1.76. The molecule has 2 aliphatic rings. The molecular weight excluding hydrogens is 340 g/mol. The van der Waals surface area contributed by atoms with Crippen LogP contribution in [0.25, 0.3) is 0 Å². The number of anilines is 1. The molecule has 1 heterocycles. The van der Waals surface area contributed by atoms with Gasteiger partial charge in [0.05, 0.1) is 24.8 Å². The standard InChI is InChI=1S/C22H24N2O3/c25-21(24-13-6-14-27-20-10-5-4-9-19(20)24)15-18(16-7-2-1-3-8-16)23-22(26)17-11-12-17/h1-5,7-10,17-18H,6,11-15H2,(H,23,26)/t18-/m0/s1. The Morgan fingerprint density at radius 1 is 1.07 bits per heavy atom. The molecule has 1 aliphatic carbocycles. The van der Waals surface area contributed by atoms with E-state index in [9.17, 15) is 9.59 Å². The predicted molar refractivity (Wildman–Crippen MR) is 104 cm³/mol.